The summed E-state index contributed by atoms with van der Waals surface area (Å²) in [6.45, 7) is 0.505. The lowest BCUT2D eigenvalue weighted by Gasteiger charge is -2.34. The molecule has 0 bridgehead atoms. The van der Waals surface area contributed by atoms with Gasteiger partial charge >= 0.3 is 5.97 Å². The molecule has 1 N–H and O–H groups in total. The summed E-state index contributed by atoms with van der Waals surface area (Å²) in [6, 6.07) is 5.23. The second kappa shape index (κ2) is 5.79. The molecule has 0 spiro atoms. The Labute approximate surface area is 118 Å². The highest BCUT2D eigenvalue weighted by Crippen LogP contribution is 2.29. The molecule has 0 amide bonds. The van der Waals surface area contributed by atoms with Gasteiger partial charge < -0.3 is 10.0 Å². The quantitative estimate of drug-likeness (QED) is 0.664. The SMILES string of the molecule is N#Cc1ccc(N2CCSCC2C(=O)O)cc1[N+](=O)[O-]. The molecule has 0 aromatic heterocycles. The number of aliphatic carboxylic acids is 1. The van der Waals surface area contributed by atoms with E-state index in [0.717, 1.165) is 5.75 Å². The van der Waals surface area contributed by atoms with Crippen molar-refractivity contribution in [2.75, 3.05) is 23.0 Å². The number of nitriles is 1. The lowest BCUT2D eigenvalue weighted by Crippen LogP contribution is -2.47. The lowest BCUT2D eigenvalue weighted by atomic mass is 10.1. The van der Waals surface area contributed by atoms with Crippen LogP contribution in [0.25, 0.3) is 0 Å². The molecule has 104 valence electrons. The Balaban J connectivity index is 2.41. The van der Waals surface area contributed by atoms with Crippen LogP contribution >= 0.6 is 11.8 Å². The Kier molecular flexibility index (Phi) is 4.10. The summed E-state index contributed by atoms with van der Waals surface area (Å²) >= 11 is 1.54. The van der Waals surface area contributed by atoms with Crippen LogP contribution in [0.3, 0.4) is 0 Å². The van der Waals surface area contributed by atoms with E-state index in [1.165, 1.54) is 23.9 Å². The van der Waals surface area contributed by atoms with Crippen molar-refractivity contribution in [3.63, 3.8) is 0 Å². The first-order chi connectivity index (χ1) is 9.54. The number of rotatable bonds is 3. The van der Waals surface area contributed by atoms with Crippen LogP contribution < -0.4 is 4.90 Å². The van der Waals surface area contributed by atoms with Gasteiger partial charge in [0.05, 0.1) is 4.92 Å². The van der Waals surface area contributed by atoms with E-state index >= 15 is 0 Å². The van der Waals surface area contributed by atoms with Gasteiger partial charge in [-0.1, -0.05) is 0 Å². The molecule has 1 saturated heterocycles. The van der Waals surface area contributed by atoms with E-state index in [4.69, 9.17) is 5.26 Å². The van der Waals surface area contributed by atoms with Gasteiger partial charge in [0.2, 0.25) is 0 Å². The molecule has 0 aliphatic carbocycles. The molecule has 1 unspecified atom stereocenters. The number of carbonyl (C=O) groups is 1. The topological polar surface area (TPSA) is 107 Å². The number of nitro benzene ring substituents is 1. The minimum atomic E-state index is -0.954. The Morgan fingerprint density at radius 3 is 2.95 bits per heavy atom. The van der Waals surface area contributed by atoms with Crippen molar-refractivity contribution in [1.82, 2.24) is 0 Å². The first-order valence-corrected chi connectivity index (χ1v) is 6.96. The fourth-order valence-corrected chi connectivity index (χ4v) is 3.10. The lowest BCUT2D eigenvalue weighted by molar-refractivity contribution is -0.385. The number of thioether (sulfide) groups is 1. The van der Waals surface area contributed by atoms with Crippen LogP contribution in [0.1, 0.15) is 5.56 Å². The number of anilines is 1. The van der Waals surface area contributed by atoms with Gasteiger partial charge in [0, 0.05) is 29.8 Å². The van der Waals surface area contributed by atoms with Gasteiger partial charge in [0.25, 0.3) is 5.69 Å². The Morgan fingerprint density at radius 1 is 1.60 bits per heavy atom. The third-order valence-electron chi connectivity index (χ3n) is 3.04. The van der Waals surface area contributed by atoms with E-state index in [1.807, 2.05) is 0 Å². The number of hydrogen-bond acceptors (Lipinski definition) is 6. The van der Waals surface area contributed by atoms with Crippen molar-refractivity contribution in [2.24, 2.45) is 0 Å². The summed E-state index contributed by atoms with van der Waals surface area (Å²) in [4.78, 5) is 23.2. The van der Waals surface area contributed by atoms with Gasteiger partial charge in [0.15, 0.2) is 0 Å². The standard InChI is InChI=1S/C12H11N3O4S/c13-6-8-1-2-9(5-10(8)15(18)19)14-3-4-20-7-11(14)12(16)17/h1-2,5,11H,3-4,7H2,(H,16,17). The highest BCUT2D eigenvalue weighted by atomic mass is 32.2. The second-order valence-electron chi connectivity index (χ2n) is 4.19. The zero-order chi connectivity index (χ0) is 14.7. The molecule has 8 heteroatoms. The maximum Gasteiger partial charge on any atom is 0.327 e. The number of benzene rings is 1. The molecule has 1 aliphatic rings. The normalized spacial score (nSPS) is 18.4. The molecule has 1 aromatic rings. The van der Waals surface area contributed by atoms with Crippen molar-refractivity contribution >= 4 is 29.1 Å². The van der Waals surface area contributed by atoms with Crippen LogP contribution in [0, 0.1) is 21.4 Å². The van der Waals surface area contributed by atoms with Crippen molar-refractivity contribution in [1.29, 1.82) is 5.26 Å². The fraction of sp³-hybridized carbons (Fsp3) is 0.333. The molecule has 1 atom stereocenters. The average Bonchev–Trinajstić information content (AvgIpc) is 2.46. The van der Waals surface area contributed by atoms with E-state index in [0.29, 0.717) is 18.0 Å². The van der Waals surface area contributed by atoms with Crippen LogP contribution in [0.15, 0.2) is 18.2 Å². The molecule has 1 aromatic carbocycles. The Hall–Kier alpha value is -2.27. The van der Waals surface area contributed by atoms with Crippen molar-refractivity contribution in [3.05, 3.63) is 33.9 Å². The van der Waals surface area contributed by atoms with Gasteiger partial charge in [-0.15, -0.1) is 0 Å². The maximum absolute atomic E-state index is 11.2. The van der Waals surface area contributed by atoms with Crippen LogP contribution in [0.4, 0.5) is 11.4 Å². The summed E-state index contributed by atoms with van der Waals surface area (Å²) in [6.07, 6.45) is 0. The summed E-state index contributed by atoms with van der Waals surface area (Å²) in [5.74, 6) is 0.241. The number of nitrogens with zero attached hydrogens (tertiary/aromatic N) is 3. The molecule has 7 nitrogen and oxygen atoms in total. The van der Waals surface area contributed by atoms with Crippen LogP contribution in [0.5, 0.6) is 0 Å². The second-order valence-corrected chi connectivity index (χ2v) is 5.34. The van der Waals surface area contributed by atoms with Crippen molar-refractivity contribution in [3.8, 4) is 6.07 Å². The summed E-state index contributed by atoms with van der Waals surface area (Å²) in [7, 11) is 0. The van der Waals surface area contributed by atoms with Gasteiger partial charge in [-0.3, -0.25) is 10.1 Å². The first kappa shape index (κ1) is 14.1. The zero-order valence-corrected chi connectivity index (χ0v) is 11.2. The molecule has 0 radical (unpaired) electrons. The number of carboxylic acids is 1. The van der Waals surface area contributed by atoms with Crippen LogP contribution in [0.2, 0.25) is 0 Å². The molecule has 1 fully saturated rings. The predicted octanol–water partition coefficient (Wildman–Crippen LogP) is 1.47. The van der Waals surface area contributed by atoms with Gasteiger partial charge in [-0.2, -0.15) is 17.0 Å². The third-order valence-corrected chi connectivity index (χ3v) is 4.07. The molecule has 0 saturated carbocycles. The molecule has 20 heavy (non-hydrogen) atoms. The van der Waals surface area contributed by atoms with Crippen LogP contribution in [-0.2, 0) is 4.79 Å². The third kappa shape index (κ3) is 2.67. The minimum Gasteiger partial charge on any atom is -0.480 e. The summed E-state index contributed by atoms with van der Waals surface area (Å²) in [5.41, 5.74) is 0.132. The summed E-state index contributed by atoms with van der Waals surface area (Å²) < 4.78 is 0. The molecular weight excluding hydrogens is 282 g/mol. The molecule has 1 heterocycles. The number of carboxylic acid groups (broad SMARTS) is 1. The molecule has 1 aliphatic heterocycles. The van der Waals surface area contributed by atoms with Crippen molar-refractivity contribution in [2.45, 2.75) is 6.04 Å². The highest BCUT2D eigenvalue weighted by molar-refractivity contribution is 7.99. The average molecular weight is 293 g/mol. The smallest absolute Gasteiger partial charge is 0.327 e. The zero-order valence-electron chi connectivity index (χ0n) is 10.4. The minimum absolute atomic E-state index is 0.0305. The largest absolute Gasteiger partial charge is 0.480 e. The predicted molar refractivity (Wildman–Crippen MR) is 73.9 cm³/mol. The monoisotopic (exact) mass is 293 g/mol. The number of hydrogen-bond donors (Lipinski definition) is 1. The summed E-state index contributed by atoms with van der Waals surface area (Å²) in [5, 5.41) is 29.0. The first-order valence-electron chi connectivity index (χ1n) is 5.80. The fourth-order valence-electron chi connectivity index (χ4n) is 2.06. The van der Waals surface area contributed by atoms with Crippen molar-refractivity contribution < 1.29 is 14.8 Å². The maximum atomic E-state index is 11.2. The Bertz CT molecular complexity index is 599. The molecule has 2 rings (SSSR count). The van der Waals surface area contributed by atoms with E-state index in [-0.39, 0.29) is 11.3 Å². The van der Waals surface area contributed by atoms with E-state index in [1.54, 1.807) is 17.0 Å². The number of nitro groups is 1. The van der Waals surface area contributed by atoms with E-state index < -0.39 is 16.9 Å². The molecular formula is C12H11N3O4S. The van der Waals surface area contributed by atoms with Gasteiger partial charge in [-0.25, -0.2) is 4.79 Å². The highest BCUT2D eigenvalue weighted by Gasteiger charge is 2.30. The van der Waals surface area contributed by atoms with E-state index in [9.17, 15) is 20.0 Å². The van der Waals surface area contributed by atoms with E-state index in [2.05, 4.69) is 0 Å². The van der Waals surface area contributed by atoms with Gasteiger partial charge in [0.1, 0.15) is 17.7 Å². The Morgan fingerprint density at radius 2 is 2.35 bits per heavy atom. The van der Waals surface area contributed by atoms with Crippen LogP contribution in [-0.4, -0.2) is 40.1 Å². The van der Waals surface area contributed by atoms with Gasteiger partial charge in [-0.05, 0) is 12.1 Å².